The fourth-order valence-electron chi connectivity index (χ4n) is 2.71. The third kappa shape index (κ3) is 2.05. The first-order chi connectivity index (χ1) is 9.08. The Hall–Kier alpha value is -1.39. The summed E-state index contributed by atoms with van der Waals surface area (Å²) in [5, 5.41) is 2.23. The summed E-state index contributed by atoms with van der Waals surface area (Å²) in [4.78, 5) is 12.3. The van der Waals surface area contributed by atoms with Crippen LogP contribution in [0.5, 0.6) is 0 Å². The lowest BCUT2D eigenvalue weighted by Crippen LogP contribution is -2.13. The number of hydrogen-bond donors (Lipinski definition) is 1. The van der Waals surface area contributed by atoms with Crippen molar-refractivity contribution in [1.82, 2.24) is 0 Å². The summed E-state index contributed by atoms with van der Waals surface area (Å²) in [7, 11) is 0. The minimum Gasteiger partial charge on any atom is -0.366 e. The summed E-state index contributed by atoms with van der Waals surface area (Å²) >= 11 is 7.41. The van der Waals surface area contributed by atoms with Gasteiger partial charge < -0.3 is 5.73 Å². The molecule has 0 saturated carbocycles. The average molecular weight is 296 g/mol. The van der Waals surface area contributed by atoms with Gasteiger partial charge in [0.25, 0.3) is 0 Å². The second-order valence-electron chi connectivity index (χ2n) is 4.61. The molecule has 1 aromatic carbocycles. The van der Waals surface area contributed by atoms with E-state index in [9.17, 15) is 9.18 Å². The van der Waals surface area contributed by atoms with Crippen LogP contribution in [0.15, 0.2) is 23.6 Å². The molecule has 1 aromatic heterocycles. The van der Waals surface area contributed by atoms with E-state index < -0.39 is 5.91 Å². The van der Waals surface area contributed by atoms with Gasteiger partial charge in [-0.1, -0.05) is 11.6 Å². The summed E-state index contributed by atoms with van der Waals surface area (Å²) < 4.78 is 13.9. The van der Waals surface area contributed by atoms with Gasteiger partial charge in [0.15, 0.2) is 0 Å². The van der Waals surface area contributed by atoms with Gasteiger partial charge in [0, 0.05) is 15.8 Å². The van der Waals surface area contributed by atoms with E-state index in [1.165, 1.54) is 17.4 Å². The standard InChI is InChI=1S/C14H11ClFNOS/c15-7-5-11-8(12(16)6-7)1-2-9(11)13-10(14(17)18)3-4-19-13/h3-6,9H,1-2H2,(H2,17,18)/t9-/m1/s1. The lowest BCUT2D eigenvalue weighted by atomic mass is 9.96. The molecule has 5 heteroatoms. The van der Waals surface area contributed by atoms with Gasteiger partial charge in [-0.3, -0.25) is 4.79 Å². The Morgan fingerprint density at radius 1 is 1.47 bits per heavy atom. The van der Waals surface area contributed by atoms with Crippen LogP contribution in [0.2, 0.25) is 5.02 Å². The van der Waals surface area contributed by atoms with E-state index in [0.29, 0.717) is 22.6 Å². The van der Waals surface area contributed by atoms with Crippen LogP contribution in [0.1, 0.15) is 38.7 Å². The van der Waals surface area contributed by atoms with Gasteiger partial charge in [0.05, 0.1) is 5.56 Å². The molecule has 1 amide bonds. The van der Waals surface area contributed by atoms with Crippen LogP contribution in [0.25, 0.3) is 0 Å². The van der Waals surface area contributed by atoms with Crippen LogP contribution >= 0.6 is 22.9 Å². The van der Waals surface area contributed by atoms with Crippen molar-refractivity contribution in [3.63, 3.8) is 0 Å². The first kappa shape index (κ1) is 12.6. The van der Waals surface area contributed by atoms with Crippen molar-refractivity contribution >= 4 is 28.8 Å². The number of carbonyl (C=O) groups excluding carboxylic acids is 1. The fourth-order valence-corrected chi connectivity index (χ4v) is 3.98. The molecule has 0 fully saturated rings. The molecule has 0 aliphatic heterocycles. The molecule has 2 N–H and O–H groups in total. The highest BCUT2D eigenvalue weighted by Crippen LogP contribution is 2.43. The van der Waals surface area contributed by atoms with Crippen molar-refractivity contribution in [2.75, 3.05) is 0 Å². The monoisotopic (exact) mass is 295 g/mol. The maximum absolute atomic E-state index is 13.9. The Bertz CT molecular complexity index is 667. The van der Waals surface area contributed by atoms with E-state index in [4.69, 9.17) is 17.3 Å². The van der Waals surface area contributed by atoms with Gasteiger partial charge in [-0.05, 0) is 47.5 Å². The highest BCUT2D eigenvalue weighted by Gasteiger charge is 2.30. The second kappa shape index (κ2) is 4.62. The maximum atomic E-state index is 13.9. The molecule has 2 aromatic rings. The van der Waals surface area contributed by atoms with E-state index in [1.807, 2.05) is 5.38 Å². The van der Waals surface area contributed by atoms with E-state index in [0.717, 1.165) is 16.9 Å². The first-order valence-corrected chi connectivity index (χ1v) is 7.18. The number of hydrogen-bond acceptors (Lipinski definition) is 2. The lowest BCUT2D eigenvalue weighted by molar-refractivity contribution is 0.0999. The highest BCUT2D eigenvalue weighted by molar-refractivity contribution is 7.10. The van der Waals surface area contributed by atoms with E-state index in [-0.39, 0.29) is 11.7 Å². The van der Waals surface area contributed by atoms with Crippen LogP contribution in [0, 0.1) is 5.82 Å². The second-order valence-corrected chi connectivity index (χ2v) is 5.99. The van der Waals surface area contributed by atoms with Crippen molar-refractivity contribution in [2.24, 2.45) is 5.73 Å². The van der Waals surface area contributed by atoms with Crippen molar-refractivity contribution in [3.05, 3.63) is 56.0 Å². The summed E-state index contributed by atoms with van der Waals surface area (Å²) in [6.07, 6.45) is 1.45. The molecule has 1 atom stereocenters. The third-order valence-electron chi connectivity index (χ3n) is 3.53. The number of nitrogens with two attached hydrogens (primary N) is 1. The predicted octanol–water partition coefficient (Wildman–Crippen LogP) is 3.72. The Labute approximate surface area is 119 Å². The van der Waals surface area contributed by atoms with E-state index in [2.05, 4.69) is 0 Å². The number of fused-ring (bicyclic) bond motifs is 1. The Kier molecular flexibility index (Phi) is 3.07. The number of carbonyl (C=O) groups is 1. The number of thiophene rings is 1. The van der Waals surface area contributed by atoms with Gasteiger partial charge >= 0.3 is 0 Å². The number of halogens is 2. The number of amides is 1. The Morgan fingerprint density at radius 2 is 2.26 bits per heavy atom. The smallest absolute Gasteiger partial charge is 0.249 e. The summed E-state index contributed by atoms with van der Waals surface area (Å²) in [5.41, 5.74) is 7.50. The predicted molar refractivity (Wildman–Crippen MR) is 74.4 cm³/mol. The van der Waals surface area contributed by atoms with E-state index >= 15 is 0 Å². The highest BCUT2D eigenvalue weighted by atomic mass is 35.5. The van der Waals surface area contributed by atoms with Crippen molar-refractivity contribution < 1.29 is 9.18 Å². The number of primary amides is 1. The Morgan fingerprint density at radius 3 is 3.00 bits per heavy atom. The van der Waals surface area contributed by atoms with E-state index in [1.54, 1.807) is 12.1 Å². The van der Waals surface area contributed by atoms with Crippen LogP contribution in [0.3, 0.4) is 0 Å². The molecule has 1 aliphatic rings. The van der Waals surface area contributed by atoms with Gasteiger partial charge in [-0.2, -0.15) is 0 Å². The van der Waals surface area contributed by atoms with Crippen LogP contribution in [-0.2, 0) is 6.42 Å². The zero-order chi connectivity index (χ0) is 13.6. The molecular formula is C14H11ClFNOS. The van der Waals surface area contributed by atoms with Gasteiger partial charge in [-0.15, -0.1) is 11.3 Å². The fraction of sp³-hybridized carbons (Fsp3) is 0.214. The van der Waals surface area contributed by atoms with Crippen LogP contribution in [0.4, 0.5) is 4.39 Å². The summed E-state index contributed by atoms with van der Waals surface area (Å²) in [6.45, 7) is 0. The molecule has 0 unspecified atom stereocenters. The van der Waals surface area contributed by atoms with Gasteiger partial charge in [-0.25, -0.2) is 4.39 Å². The van der Waals surface area contributed by atoms with Crippen LogP contribution < -0.4 is 5.73 Å². The first-order valence-electron chi connectivity index (χ1n) is 5.93. The topological polar surface area (TPSA) is 43.1 Å². The number of benzene rings is 1. The SMILES string of the molecule is NC(=O)c1ccsc1[C@@H]1CCc2c(F)cc(Cl)cc21. The molecule has 0 spiro atoms. The Balaban J connectivity index is 2.12. The zero-order valence-corrected chi connectivity index (χ0v) is 11.5. The average Bonchev–Trinajstić information content (AvgIpc) is 2.93. The van der Waals surface area contributed by atoms with Gasteiger partial charge in [0.2, 0.25) is 5.91 Å². The van der Waals surface area contributed by atoms with Crippen molar-refractivity contribution in [3.8, 4) is 0 Å². The quantitative estimate of drug-likeness (QED) is 0.901. The molecule has 0 radical (unpaired) electrons. The summed E-state index contributed by atoms with van der Waals surface area (Å²) in [6, 6.07) is 4.86. The molecule has 0 saturated heterocycles. The molecule has 2 nitrogen and oxygen atoms in total. The van der Waals surface area contributed by atoms with Gasteiger partial charge in [0.1, 0.15) is 5.82 Å². The molecule has 1 aliphatic carbocycles. The summed E-state index contributed by atoms with van der Waals surface area (Å²) in [5.74, 6) is -0.680. The molecular weight excluding hydrogens is 285 g/mol. The third-order valence-corrected chi connectivity index (χ3v) is 4.78. The maximum Gasteiger partial charge on any atom is 0.249 e. The minimum absolute atomic E-state index is 0.0192. The zero-order valence-electron chi connectivity index (χ0n) is 9.95. The van der Waals surface area contributed by atoms with Crippen LogP contribution in [-0.4, -0.2) is 5.91 Å². The normalized spacial score (nSPS) is 17.5. The molecule has 3 rings (SSSR count). The largest absolute Gasteiger partial charge is 0.366 e. The molecule has 19 heavy (non-hydrogen) atoms. The number of rotatable bonds is 2. The van der Waals surface area contributed by atoms with Crippen molar-refractivity contribution in [1.29, 1.82) is 0 Å². The van der Waals surface area contributed by atoms with Crippen molar-refractivity contribution in [2.45, 2.75) is 18.8 Å². The molecule has 0 bridgehead atoms. The lowest BCUT2D eigenvalue weighted by Gasteiger charge is -2.12. The minimum atomic E-state index is -0.438. The molecule has 98 valence electrons. The molecule has 1 heterocycles.